The Kier molecular flexibility index (Phi) is 3.90. The monoisotopic (exact) mass is 288 g/mol. The number of aryl methyl sites for hydroxylation is 1. The quantitative estimate of drug-likeness (QED) is 0.915. The molecule has 0 saturated carbocycles. The van der Waals surface area contributed by atoms with Gasteiger partial charge in [-0.05, 0) is 37.0 Å². The summed E-state index contributed by atoms with van der Waals surface area (Å²) in [6.07, 6.45) is 5.05. The second kappa shape index (κ2) is 5.81. The summed E-state index contributed by atoms with van der Waals surface area (Å²) in [6.45, 7) is 0.875. The van der Waals surface area contributed by atoms with Crippen LogP contribution in [-0.4, -0.2) is 16.6 Å². The fourth-order valence-electron chi connectivity index (χ4n) is 2.67. The van der Waals surface area contributed by atoms with Crippen molar-refractivity contribution in [1.82, 2.24) is 4.98 Å². The van der Waals surface area contributed by atoms with E-state index in [0.29, 0.717) is 5.02 Å². The van der Waals surface area contributed by atoms with Crippen molar-refractivity contribution in [2.24, 2.45) is 0 Å². The van der Waals surface area contributed by atoms with E-state index >= 15 is 0 Å². The van der Waals surface area contributed by atoms with E-state index in [4.69, 9.17) is 11.6 Å². The SMILES string of the molecule is OCc1cc(N2CCCCc3ccccc32)ncc1Cl. The minimum absolute atomic E-state index is 0.0656. The molecule has 0 spiro atoms. The summed E-state index contributed by atoms with van der Waals surface area (Å²) in [4.78, 5) is 6.65. The summed E-state index contributed by atoms with van der Waals surface area (Å²) in [7, 11) is 0. The van der Waals surface area contributed by atoms with Gasteiger partial charge in [0, 0.05) is 24.0 Å². The molecule has 0 bridgehead atoms. The normalized spacial score (nSPS) is 14.8. The number of nitrogens with zero attached hydrogens (tertiary/aromatic N) is 2. The van der Waals surface area contributed by atoms with Crippen LogP contribution in [0.1, 0.15) is 24.0 Å². The van der Waals surface area contributed by atoms with Gasteiger partial charge in [-0.15, -0.1) is 0 Å². The number of anilines is 2. The van der Waals surface area contributed by atoms with Crippen molar-refractivity contribution in [3.05, 3.63) is 52.7 Å². The Labute approximate surface area is 123 Å². The van der Waals surface area contributed by atoms with Crippen molar-refractivity contribution in [2.45, 2.75) is 25.9 Å². The number of halogens is 1. The molecule has 0 atom stereocenters. The van der Waals surface area contributed by atoms with Crippen molar-refractivity contribution in [2.75, 3.05) is 11.4 Å². The number of aliphatic hydroxyl groups excluding tert-OH is 1. The first kappa shape index (κ1) is 13.4. The highest BCUT2D eigenvalue weighted by Crippen LogP contribution is 2.32. The zero-order valence-electron chi connectivity index (χ0n) is 11.2. The van der Waals surface area contributed by atoms with Crippen LogP contribution >= 0.6 is 11.6 Å². The van der Waals surface area contributed by atoms with Gasteiger partial charge in [0.25, 0.3) is 0 Å². The van der Waals surface area contributed by atoms with Crippen molar-refractivity contribution in [3.8, 4) is 0 Å². The predicted molar refractivity (Wildman–Crippen MR) is 81.6 cm³/mol. The first-order chi connectivity index (χ1) is 9.79. The summed E-state index contributed by atoms with van der Waals surface area (Å²) in [5.41, 5.74) is 3.29. The van der Waals surface area contributed by atoms with Crippen LogP contribution in [0, 0.1) is 0 Å². The molecule has 1 aliphatic rings. The average Bonchev–Trinajstić information content (AvgIpc) is 2.70. The molecule has 4 heteroatoms. The number of fused-ring (bicyclic) bond motifs is 1. The lowest BCUT2D eigenvalue weighted by atomic mass is 10.1. The molecular formula is C16H17ClN2O. The standard InChI is InChI=1S/C16H17ClN2O/c17-14-10-18-16(9-13(14)11-20)19-8-4-3-6-12-5-1-2-7-15(12)19/h1-2,5,7,9-10,20H,3-4,6,8,11H2. The van der Waals surface area contributed by atoms with Gasteiger partial charge in [0.2, 0.25) is 0 Å². The van der Waals surface area contributed by atoms with E-state index in [2.05, 4.69) is 34.1 Å². The number of hydrogen-bond donors (Lipinski definition) is 1. The zero-order chi connectivity index (χ0) is 13.9. The molecule has 1 aliphatic heterocycles. The molecule has 0 fully saturated rings. The smallest absolute Gasteiger partial charge is 0.133 e. The summed E-state index contributed by atoms with van der Waals surface area (Å²) in [5, 5.41) is 9.87. The second-order valence-electron chi connectivity index (χ2n) is 5.03. The second-order valence-corrected chi connectivity index (χ2v) is 5.44. The summed E-state index contributed by atoms with van der Waals surface area (Å²) in [6, 6.07) is 10.3. The van der Waals surface area contributed by atoms with Crippen molar-refractivity contribution >= 4 is 23.1 Å². The lowest BCUT2D eigenvalue weighted by Gasteiger charge is -2.24. The van der Waals surface area contributed by atoms with Crippen LogP contribution < -0.4 is 4.90 Å². The van der Waals surface area contributed by atoms with Gasteiger partial charge in [-0.25, -0.2) is 4.98 Å². The Balaban J connectivity index is 2.05. The minimum Gasteiger partial charge on any atom is -0.392 e. The van der Waals surface area contributed by atoms with Gasteiger partial charge in [-0.2, -0.15) is 0 Å². The van der Waals surface area contributed by atoms with E-state index in [1.54, 1.807) is 6.20 Å². The van der Waals surface area contributed by atoms with Crippen molar-refractivity contribution in [1.29, 1.82) is 0 Å². The maximum Gasteiger partial charge on any atom is 0.133 e. The van der Waals surface area contributed by atoms with Crippen LogP contribution in [0.25, 0.3) is 0 Å². The van der Waals surface area contributed by atoms with Crippen LogP contribution in [0.5, 0.6) is 0 Å². The van der Waals surface area contributed by atoms with E-state index in [9.17, 15) is 5.11 Å². The van der Waals surface area contributed by atoms with Crippen LogP contribution in [-0.2, 0) is 13.0 Å². The largest absolute Gasteiger partial charge is 0.392 e. The van der Waals surface area contributed by atoms with Crippen LogP contribution in [0.15, 0.2) is 36.5 Å². The van der Waals surface area contributed by atoms with Gasteiger partial charge in [-0.1, -0.05) is 29.8 Å². The lowest BCUT2D eigenvalue weighted by molar-refractivity contribution is 0.282. The molecule has 0 saturated heterocycles. The summed E-state index contributed by atoms with van der Waals surface area (Å²) < 4.78 is 0. The number of hydrogen-bond acceptors (Lipinski definition) is 3. The molecule has 104 valence electrons. The molecule has 0 amide bonds. The highest BCUT2D eigenvalue weighted by molar-refractivity contribution is 6.31. The van der Waals surface area contributed by atoms with Crippen LogP contribution in [0.2, 0.25) is 5.02 Å². The number of pyridine rings is 1. The highest BCUT2D eigenvalue weighted by Gasteiger charge is 2.18. The molecule has 3 nitrogen and oxygen atoms in total. The molecule has 1 aromatic carbocycles. The molecule has 0 unspecified atom stereocenters. The summed E-state index contributed by atoms with van der Waals surface area (Å²) >= 11 is 6.03. The van der Waals surface area contributed by atoms with E-state index in [1.165, 1.54) is 17.7 Å². The van der Waals surface area contributed by atoms with Gasteiger partial charge in [0.05, 0.1) is 11.6 Å². The number of aromatic nitrogens is 1. The Morgan fingerprint density at radius 2 is 2.10 bits per heavy atom. The molecule has 2 aromatic rings. The molecule has 20 heavy (non-hydrogen) atoms. The maximum atomic E-state index is 9.36. The molecule has 0 radical (unpaired) electrons. The third-order valence-electron chi connectivity index (χ3n) is 3.73. The maximum absolute atomic E-state index is 9.36. The van der Waals surface area contributed by atoms with Gasteiger partial charge in [0.1, 0.15) is 5.82 Å². The van der Waals surface area contributed by atoms with Crippen molar-refractivity contribution < 1.29 is 5.11 Å². The van der Waals surface area contributed by atoms with Gasteiger partial charge in [-0.3, -0.25) is 0 Å². The van der Waals surface area contributed by atoms with Gasteiger partial charge < -0.3 is 10.0 Å². The van der Waals surface area contributed by atoms with E-state index in [-0.39, 0.29) is 6.61 Å². The van der Waals surface area contributed by atoms with Crippen LogP contribution in [0.4, 0.5) is 11.5 Å². The lowest BCUT2D eigenvalue weighted by Crippen LogP contribution is -2.19. The summed E-state index contributed by atoms with van der Waals surface area (Å²) in [5.74, 6) is 0.854. The molecule has 1 aromatic heterocycles. The van der Waals surface area contributed by atoms with E-state index in [0.717, 1.165) is 30.8 Å². The van der Waals surface area contributed by atoms with Crippen LogP contribution in [0.3, 0.4) is 0 Å². The fourth-order valence-corrected chi connectivity index (χ4v) is 2.83. The third kappa shape index (κ3) is 2.51. The van der Waals surface area contributed by atoms with E-state index in [1.807, 2.05) is 6.07 Å². The molecular weight excluding hydrogens is 272 g/mol. The van der Waals surface area contributed by atoms with Crippen molar-refractivity contribution in [3.63, 3.8) is 0 Å². The van der Waals surface area contributed by atoms with E-state index < -0.39 is 0 Å². The number of aliphatic hydroxyl groups is 1. The zero-order valence-corrected chi connectivity index (χ0v) is 12.0. The molecule has 2 heterocycles. The number of rotatable bonds is 2. The Morgan fingerprint density at radius 1 is 1.25 bits per heavy atom. The molecule has 1 N–H and O–H groups in total. The predicted octanol–water partition coefficient (Wildman–Crippen LogP) is 3.70. The average molecular weight is 289 g/mol. The van der Waals surface area contributed by atoms with Gasteiger partial charge in [0.15, 0.2) is 0 Å². The Morgan fingerprint density at radius 3 is 2.95 bits per heavy atom. The first-order valence-electron chi connectivity index (χ1n) is 6.90. The third-order valence-corrected chi connectivity index (χ3v) is 4.07. The number of para-hydroxylation sites is 1. The minimum atomic E-state index is -0.0656. The first-order valence-corrected chi connectivity index (χ1v) is 7.28. The highest BCUT2D eigenvalue weighted by atomic mass is 35.5. The Bertz CT molecular complexity index is 615. The van der Waals surface area contributed by atoms with Gasteiger partial charge >= 0.3 is 0 Å². The number of benzene rings is 1. The Hall–Kier alpha value is -1.58. The fraction of sp³-hybridized carbons (Fsp3) is 0.312. The molecule has 3 rings (SSSR count). The molecule has 0 aliphatic carbocycles. The topological polar surface area (TPSA) is 36.4 Å².